The zero-order chi connectivity index (χ0) is 19.9. The quantitative estimate of drug-likeness (QED) is 0.587. The monoisotopic (exact) mass is 378 g/mol. The highest BCUT2D eigenvalue weighted by molar-refractivity contribution is 5.89. The summed E-state index contributed by atoms with van der Waals surface area (Å²) in [6.07, 6.45) is 0. The molecule has 3 rings (SSSR count). The number of ether oxygens (including phenoxy) is 2. The largest absolute Gasteiger partial charge is 0.497 e. The topological polar surface area (TPSA) is 85.4 Å². The SMILES string of the molecule is CCOC(=O)c1ccc(Nc2cc(C)nc(Nc3cccc(OC)c3)n2)cc1. The van der Waals surface area contributed by atoms with Crippen LogP contribution in [0.25, 0.3) is 0 Å². The van der Waals surface area contributed by atoms with Crippen molar-refractivity contribution in [1.82, 2.24) is 9.97 Å². The Labute approximate surface area is 163 Å². The lowest BCUT2D eigenvalue weighted by molar-refractivity contribution is 0.0526. The number of carbonyl (C=O) groups excluding carboxylic acids is 1. The second-order valence-electron chi connectivity index (χ2n) is 6.00. The number of anilines is 4. The van der Waals surface area contributed by atoms with Crippen molar-refractivity contribution in [3.05, 3.63) is 65.9 Å². The minimum absolute atomic E-state index is 0.336. The molecule has 0 amide bonds. The van der Waals surface area contributed by atoms with Gasteiger partial charge in [-0.1, -0.05) is 6.07 Å². The molecule has 0 aliphatic carbocycles. The smallest absolute Gasteiger partial charge is 0.338 e. The summed E-state index contributed by atoms with van der Waals surface area (Å²) >= 11 is 0. The molecule has 0 atom stereocenters. The molecule has 0 saturated heterocycles. The van der Waals surface area contributed by atoms with Gasteiger partial charge in [0.15, 0.2) is 0 Å². The molecular formula is C21H22N4O3. The predicted molar refractivity (Wildman–Crippen MR) is 109 cm³/mol. The maximum atomic E-state index is 11.7. The number of rotatable bonds is 7. The normalized spacial score (nSPS) is 10.2. The van der Waals surface area contributed by atoms with E-state index in [0.717, 1.165) is 22.8 Å². The molecular weight excluding hydrogens is 356 g/mol. The number of aryl methyl sites for hydroxylation is 1. The number of aromatic nitrogens is 2. The summed E-state index contributed by atoms with van der Waals surface area (Å²) in [5.74, 6) is 1.52. The van der Waals surface area contributed by atoms with Gasteiger partial charge in [0.2, 0.25) is 5.95 Å². The summed E-state index contributed by atoms with van der Waals surface area (Å²) in [6, 6.07) is 16.4. The second-order valence-corrected chi connectivity index (χ2v) is 6.00. The third-order valence-corrected chi connectivity index (χ3v) is 3.85. The lowest BCUT2D eigenvalue weighted by Gasteiger charge is -2.11. The van der Waals surface area contributed by atoms with Gasteiger partial charge in [0.25, 0.3) is 0 Å². The van der Waals surface area contributed by atoms with Crippen molar-refractivity contribution < 1.29 is 14.3 Å². The summed E-state index contributed by atoms with van der Waals surface area (Å²) in [4.78, 5) is 20.7. The highest BCUT2D eigenvalue weighted by Gasteiger charge is 2.07. The Kier molecular flexibility index (Phi) is 6.06. The number of nitrogens with zero attached hydrogens (tertiary/aromatic N) is 2. The maximum Gasteiger partial charge on any atom is 0.338 e. The molecule has 144 valence electrons. The molecule has 0 aliphatic heterocycles. The fourth-order valence-corrected chi connectivity index (χ4v) is 2.57. The molecule has 0 radical (unpaired) electrons. The van der Waals surface area contributed by atoms with Crippen LogP contribution in [0.5, 0.6) is 5.75 Å². The Morgan fingerprint density at radius 2 is 1.79 bits per heavy atom. The molecule has 3 aromatic rings. The van der Waals surface area contributed by atoms with E-state index in [2.05, 4.69) is 20.6 Å². The van der Waals surface area contributed by atoms with Crippen LogP contribution >= 0.6 is 0 Å². The van der Waals surface area contributed by atoms with Crippen molar-refractivity contribution in [3.63, 3.8) is 0 Å². The predicted octanol–water partition coefficient (Wildman–Crippen LogP) is 4.46. The van der Waals surface area contributed by atoms with Crippen molar-refractivity contribution in [2.24, 2.45) is 0 Å². The van der Waals surface area contributed by atoms with E-state index in [1.807, 2.05) is 37.3 Å². The molecule has 1 aromatic heterocycles. The van der Waals surface area contributed by atoms with E-state index in [1.165, 1.54) is 0 Å². The first-order valence-electron chi connectivity index (χ1n) is 8.88. The minimum Gasteiger partial charge on any atom is -0.497 e. The Hall–Kier alpha value is -3.61. The van der Waals surface area contributed by atoms with Gasteiger partial charge in [-0.3, -0.25) is 0 Å². The van der Waals surface area contributed by atoms with E-state index in [-0.39, 0.29) is 5.97 Å². The molecule has 2 aromatic carbocycles. The van der Waals surface area contributed by atoms with Crippen molar-refractivity contribution in [2.75, 3.05) is 24.4 Å². The molecule has 0 bridgehead atoms. The third-order valence-electron chi connectivity index (χ3n) is 3.85. The van der Waals surface area contributed by atoms with Gasteiger partial charge >= 0.3 is 5.97 Å². The lowest BCUT2D eigenvalue weighted by atomic mass is 10.2. The first kappa shape index (κ1) is 19.2. The fraction of sp³-hybridized carbons (Fsp3) is 0.190. The summed E-state index contributed by atoms with van der Waals surface area (Å²) in [5.41, 5.74) is 2.95. The molecule has 0 unspecified atom stereocenters. The number of benzene rings is 2. The fourth-order valence-electron chi connectivity index (χ4n) is 2.57. The van der Waals surface area contributed by atoms with Gasteiger partial charge in [-0.25, -0.2) is 9.78 Å². The van der Waals surface area contributed by atoms with E-state index in [1.54, 1.807) is 38.3 Å². The number of esters is 1. The van der Waals surface area contributed by atoms with Crippen LogP contribution < -0.4 is 15.4 Å². The van der Waals surface area contributed by atoms with Gasteiger partial charge in [-0.2, -0.15) is 4.98 Å². The Morgan fingerprint density at radius 1 is 1.00 bits per heavy atom. The first-order chi connectivity index (χ1) is 13.6. The van der Waals surface area contributed by atoms with Gasteiger partial charge in [0.05, 0.1) is 19.3 Å². The van der Waals surface area contributed by atoms with E-state index in [9.17, 15) is 4.79 Å². The molecule has 7 nitrogen and oxygen atoms in total. The van der Waals surface area contributed by atoms with Crippen LogP contribution in [0, 0.1) is 6.92 Å². The van der Waals surface area contributed by atoms with Crippen LogP contribution in [-0.2, 0) is 4.74 Å². The van der Waals surface area contributed by atoms with Crippen molar-refractivity contribution in [3.8, 4) is 5.75 Å². The van der Waals surface area contributed by atoms with Gasteiger partial charge in [0, 0.05) is 29.2 Å². The van der Waals surface area contributed by atoms with E-state index in [0.29, 0.717) is 23.9 Å². The number of methoxy groups -OCH3 is 1. The number of nitrogens with one attached hydrogen (secondary N) is 2. The summed E-state index contributed by atoms with van der Waals surface area (Å²) in [5, 5.41) is 6.40. The Morgan fingerprint density at radius 3 is 2.50 bits per heavy atom. The Bertz CT molecular complexity index is 958. The summed E-state index contributed by atoms with van der Waals surface area (Å²) < 4.78 is 10.2. The zero-order valence-electron chi connectivity index (χ0n) is 16.0. The molecule has 0 aliphatic rings. The average Bonchev–Trinajstić information content (AvgIpc) is 2.68. The molecule has 2 N–H and O–H groups in total. The van der Waals surface area contributed by atoms with E-state index >= 15 is 0 Å². The minimum atomic E-state index is -0.336. The highest BCUT2D eigenvalue weighted by atomic mass is 16.5. The van der Waals surface area contributed by atoms with Crippen LogP contribution in [0.2, 0.25) is 0 Å². The van der Waals surface area contributed by atoms with E-state index in [4.69, 9.17) is 9.47 Å². The molecule has 28 heavy (non-hydrogen) atoms. The zero-order valence-corrected chi connectivity index (χ0v) is 16.0. The molecule has 1 heterocycles. The molecule has 7 heteroatoms. The van der Waals surface area contributed by atoms with Crippen molar-refractivity contribution in [2.45, 2.75) is 13.8 Å². The summed E-state index contributed by atoms with van der Waals surface area (Å²) in [7, 11) is 1.62. The number of hydrogen-bond donors (Lipinski definition) is 2. The molecule has 0 saturated carbocycles. The average molecular weight is 378 g/mol. The van der Waals surface area contributed by atoms with E-state index < -0.39 is 0 Å². The third kappa shape index (κ3) is 4.97. The van der Waals surface area contributed by atoms with Crippen LogP contribution in [0.4, 0.5) is 23.1 Å². The van der Waals surface area contributed by atoms with Crippen LogP contribution in [0.15, 0.2) is 54.6 Å². The summed E-state index contributed by atoms with van der Waals surface area (Å²) in [6.45, 7) is 4.03. The van der Waals surface area contributed by atoms with Crippen LogP contribution in [0.1, 0.15) is 23.0 Å². The number of hydrogen-bond acceptors (Lipinski definition) is 7. The van der Waals surface area contributed by atoms with Crippen LogP contribution in [0.3, 0.4) is 0 Å². The van der Waals surface area contributed by atoms with Crippen molar-refractivity contribution >= 4 is 29.1 Å². The highest BCUT2D eigenvalue weighted by Crippen LogP contribution is 2.22. The molecule has 0 spiro atoms. The van der Waals surface area contributed by atoms with Gasteiger partial charge in [-0.05, 0) is 50.2 Å². The van der Waals surface area contributed by atoms with Gasteiger partial charge in [-0.15, -0.1) is 0 Å². The molecule has 0 fully saturated rings. The Balaban J connectivity index is 1.75. The van der Waals surface area contributed by atoms with Gasteiger partial charge in [0.1, 0.15) is 11.6 Å². The standard InChI is InChI=1S/C21H22N4O3/c1-4-28-20(26)15-8-10-16(11-9-15)23-19-12-14(2)22-21(25-19)24-17-6-5-7-18(13-17)27-3/h5-13H,4H2,1-3H3,(H2,22,23,24,25). The van der Waals surface area contributed by atoms with Crippen LogP contribution in [-0.4, -0.2) is 29.7 Å². The lowest BCUT2D eigenvalue weighted by Crippen LogP contribution is -2.05. The number of carbonyl (C=O) groups is 1. The van der Waals surface area contributed by atoms with Gasteiger partial charge < -0.3 is 20.1 Å². The second kappa shape index (κ2) is 8.85. The maximum absolute atomic E-state index is 11.7. The van der Waals surface area contributed by atoms with Crippen molar-refractivity contribution in [1.29, 1.82) is 0 Å². The first-order valence-corrected chi connectivity index (χ1v) is 8.88.